The van der Waals surface area contributed by atoms with Crippen LogP contribution < -0.4 is 10.4 Å². The number of hydrogen-bond acceptors (Lipinski definition) is 5. The standard InChI is InChI=1S/C24H22N4O3.H2S/c29-20-12-15-27-22(23(20)30)24(31)26-14-7-1-2-8-17-9-3-4-10-18(17)21(28(27)16-26)19-11-5-6-13-25-19;/h1,3-7,9-13,15,21,30H,2,8,14,16H2;1H2/b7-1+;/t21-;/m0./s1. The average molecular weight is 449 g/mol. The Morgan fingerprint density at radius 2 is 1.81 bits per heavy atom. The lowest BCUT2D eigenvalue weighted by Crippen LogP contribution is -2.55. The summed E-state index contributed by atoms with van der Waals surface area (Å²) in [7, 11) is 0. The van der Waals surface area contributed by atoms with E-state index < -0.39 is 11.2 Å². The van der Waals surface area contributed by atoms with Gasteiger partial charge in [-0.2, -0.15) is 13.5 Å². The van der Waals surface area contributed by atoms with Crippen LogP contribution in [0.5, 0.6) is 5.75 Å². The van der Waals surface area contributed by atoms with Crippen LogP contribution in [0.15, 0.2) is 77.9 Å². The molecule has 3 aromatic rings. The number of aromatic hydroxyl groups is 1. The number of hydrogen-bond donors (Lipinski definition) is 1. The van der Waals surface area contributed by atoms with Crippen LogP contribution >= 0.6 is 13.5 Å². The van der Waals surface area contributed by atoms with E-state index in [0.29, 0.717) is 6.54 Å². The lowest BCUT2D eigenvalue weighted by molar-refractivity contribution is 0.0701. The van der Waals surface area contributed by atoms with Crippen molar-refractivity contribution in [2.24, 2.45) is 0 Å². The van der Waals surface area contributed by atoms with Gasteiger partial charge in [-0.1, -0.05) is 42.5 Å². The third-order valence-electron chi connectivity index (χ3n) is 5.82. The van der Waals surface area contributed by atoms with Crippen LogP contribution in [0.3, 0.4) is 0 Å². The molecule has 2 bridgehead atoms. The first-order chi connectivity index (χ1) is 15.1. The summed E-state index contributed by atoms with van der Waals surface area (Å²) in [6, 6.07) is 15.0. The minimum Gasteiger partial charge on any atom is -0.502 e. The van der Waals surface area contributed by atoms with Crippen LogP contribution in [0.1, 0.15) is 39.8 Å². The normalized spacial score (nSPS) is 18.6. The van der Waals surface area contributed by atoms with E-state index in [1.54, 1.807) is 22.0 Å². The molecule has 5 rings (SSSR count). The number of allylic oxidation sites excluding steroid dienone is 1. The molecule has 2 aromatic heterocycles. The molecule has 32 heavy (non-hydrogen) atoms. The van der Waals surface area contributed by atoms with Crippen molar-refractivity contribution in [1.82, 2.24) is 14.6 Å². The van der Waals surface area contributed by atoms with Crippen LogP contribution in [0.4, 0.5) is 0 Å². The van der Waals surface area contributed by atoms with Crippen LogP contribution in [0.25, 0.3) is 0 Å². The second-order valence-corrected chi connectivity index (χ2v) is 7.70. The van der Waals surface area contributed by atoms with Gasteiger partial charge < -0.3 is 10.0 Å². The molecule has 1 atom stereocenters. The zero-order chi connectivity index (χ0) is 21.4. The Labute approximate surface area is 192 Å². The predicted octanol–water partition coefficient (Wildman–Crippen LogP) is 2.71. The average Bonchev–Trinajstić information content (AvgIpc) is 2.82. The number of pyridine rings is 2. The first-order valence-electron chi connectivity index (χ1n) is 10.3. The number of nitrogens with zero attached hydrogens (tertiary/aromatic N) is 4. The van der Waals surface area contributed by atoms with Gasteiger partial charge >= 0.3 is 0 Å². The highest BCUT2D eigenvalue weighted by Gasteiger charge is 2.37. The predicted molar refractivity (Wildman–Crippen MR) is 127 cm³/mol. The van der Waals surface area contributed by atoms with Crippen molar-refractivity contribution in [1.29, 1.82) is 0 Å². The molecule has 0 fully saturated rings. The third-order valence-corrected chi connectivity index (χ3v) is 5.82. The highest BCUT2D eigenvalue weighted by Crippen LogP contribution is 2.33. The zero-order valence-electron chi connectivity index (χ0n) is 17.4. The van der Waals surface area contributed by atoms with Crippen LogP contribution in [-0.4, -0.2) is 38.8 Å². The van der Waals surface area contributed by atoms with Gasteiger partial charge in [-0.05, 0) is 36.1 Å². The Hall–Kier alpha value is -3.52. The Morgan fingerprint density at radius 1 is 1.00 bits per heavy atom. The van der Waals surface area contributed by atoms with Gasteiger partial charge in [-0.25, -0.2) is 0 Å². The highest BCUT2D eigenvalue weighted by atomic mass is 32.1. The molecule has 4 heterocycles. The molecule has 2 aliphatic heterocycles. The highest BCUT2D eigenvalue weighted by molar-refractivity contribution is 7.59. The van der Waals surface area contributed by atoms with Crippen LogP contribution in [-0.2, 0) is 6.42 Å². The Balaban J connectivity index is 0.00000245. The lowest BCUT2D eigenvalue weighted by atomic mass is 9.94. The van der Waals surface area contributed by atoms with Gasteiger partial charge in [0, 0.05) is 25.0 Å². The summed E-state index contributed by atoms with van der Waals surface area (Å²) < 4.78 is 1.60. The maximum absolute atomic E-state index is 13.2. The van der Waals surface area contributed by atoms with E-state index in [9.17, 15) is 14.7 Å². The number of aromatic nitrogens is 2. The molecular formula is C24H24N4O3S. The molecule has 0 saturated heterocycles. The smallest absolute Gasteiger partial charge is 0.278 e. The zero-order valence-corrected chi connectivity index (χ0v) is 18.4. The van der Waals surface area contributed by atoms with E-state index in [0.717, 1.165) is 24.1 Å². The third kappa shape index (κ3) is 3.67. The summed E-state index contributed by atoms with van der Waals surface area (Å²) in [5, 5.41) is 12.5. The van der Waals surface area contributed by atoms with E-state index in [1.165, 1.54) is 11.6 Å². The number of rotatable bonds is 1. The van der Waals surface area contributed by atoms with Gasteiger partial charge in [0.15, 0.2) is 11.4 Å². The maximum Gasteiger partial charge on any atom is 0.278 e. The van der Waals surface area contributed by atoms with Crippen molar-refractivity contribution >= 4 is 19.4 Å². The Kier molecular flexibility index (Phi) is 6.05. The second kappa shape index (κ2) is 8.92. The Bertz CT molecular complexity index is 1230. The van der Waals surface area contributed by atoms with Gasteiger partial charge in [0.2, 0.25) is 5.43 Å². The van der Waals surface area contributed by atoms with E-state index in [1.807, 2.05) is 41.4 Å². The fourth-order valence-electron chi connectivity index (χ4n) is 4.33. The molecule has 0 spiro atoms. The molecular weight excluding hydrogens is 424 g/mol. The minimum atomic E-state index is -0.573. The number of carbonyl (C=O) groups is 1. The largest absolute Gasteiger partial charge is 0.502 e. The van der Waals surface area contributed by atoms with E-state index in [4.69, 9.17) is 0 Å². The molecule has 2 aliphatic rings. The number of amides is 1. The summed E-state index contributed by atoms with van der Waals surface area (Å²) in [4.78, 5) is 31.6. The van der Waals surface area contributed by atoms with Gasteiger partial charge in [-0.3, -0.25) is 24.3 Å². The van der Waals surface area contributed by atoms with E-state index in [-0.39, 0.29) is 37.8 Å². The van der Waals surface area contributed by atoms with Crippen molar-refractivity contribution in [3.05, 3.63) is 106 Å². The number of aryl methyl sites for hydroxylation is 1. The summed E-state index contributed by atoms with van der Waals surface area (Å²) >= 11 is 0. The van der Waals surface area contributed by atoms with Crippen molar-refractivity contribution in [3.8, 4) is 5.75 Å². The number of fused-ring (bicyclic) bond motifs is 5. The molecule has 8 heteroatoms. The molecule has 0 saturated carbocycles. The first-order valence-corrected chi connectivity index (χ1v) is 10.3. The number of carbonyl (C=O) groups excluding carboxylic acids is 1. The van der Waals surface area contributed by atoms with E-state index in [2.05, 4.69) is 23.2 Å². The van der Waals surface area contributed by atoms with Crippen LogP contribution in [0, 0.1) is 0 Å². The number of benzene rings is 1. The van der Waals surface area contributed by atoms with E-state index >= 15 is 0 Å². The van der Waals surface area contributed by atoms with Gasteiger partial charge in [-0.15, -0.1) is 0 Å². The Morgan fingerprint density at radius 3 is 2.62 bits per heavy atom. The molecule has 1 N–H and O–H groups in total. The van der Waals surface area contributed by atoms with Gasteiger partial charge in [0.05, 0.1) is 5.69 Å². The van der Waals surface area contributed by atoms with Crippen molar-refractivity contribution in [3.63, 3.8) is 0 Å². The maximum atomic E-state index is 13.2. The molecule has 164 valence electrons. The topological polar surface area (TPSA) is 78.7 Å². The minimum absolute atomic E-state index is 0. The monoisotopic (exact) mass is 448 g/mol. The molecule has 7 nitrogen and oxygen atoms in total. The fraction of sp³-hybridized carbons (Fsp3) is 0.208. The fourth-order valence-corrected chi connectivity index (χ4v) is 4.33. The van der Waals surface area contributed by atoms with Crippen molar-refractivity contribution in [2.45, 2.75) is 18.9 Å². The lowest BCUT2D eigenvalue weighted by Gasteiger charge is -2.43. The molecule has 0 unspecified atom stereocenters. The van der Waals surface area contributed by atoms with Crippen molar-refractivity contribution in [2.75, 3.05) is 18.2 Å². The summed E-state index contributed by atoms with van der Waals surface area (Å²) in [6.07, 6.45) is 9.06. The SMILES string of the molecule is O=C1c2c(O)c(=O)ccn2N2CN1C/C=C/CCc1ccccc1[C@H]2c1ccccn1.S. The second-order valence-electron chi connectivity index (χ2n) is 7.70. The molecule has 0 aliphatic carbocycles. The van der Waals surface area contributed by atoms with Gasteiger partial charge in [0.1, 0.15) is 12.7 Å². The van der Waals surface area contributed by atoms with Crippen molar-refractivity contribution < 1.29 is 9.90 Å². The molecule has 1 aromatic carbocycles. The summed E-state index contributed by atoms with van der Waals surface area (Å²) in [5.74, 6) is -0.905. The summed E-state index contributed by atoms with van der Waals surface area (Å²) in [5.41, 5.74) is 2.50. The molecule has 0 radical (unpaired) electrons. The summed E-state index contributed by atoms with van der Waals surface area (Å²) in [6.45, 7) is 0.678. The van der Waals surface area contributed by atoms with Gasteiger partial charge in [0.25, 0.3) is 5.91 Å². The van der Waals surface area contributed by atoms with Crippen LogP contribution in [0.2, 0.25) is 0 Å². The first kappa shape index (κ1) is 21.7. The molecule has 1 amide bonds. The quantitative estimate of drug-likeness (QED) is 0.579.